The van der Waals surface area contributed by atoms with E-state index in [1.807, 2.05) is 27.7 Å². The standard InChI is InChI=1S/C12H23NOS/c1-10(2)8-7-9-11(3)13-15(14)12(4,5)6/h8H,7,9H2,1-6H3/t15-/m0/s1. The first kappa shape index (κ1) is 14.6. The van der Waals surface area contributed by atoms with Crippen LogP contribution in [0.2, 0.25) is 0 Å². The van der Waals surface area contributed by atoms with Gasteiger partial charge < -0.3 is 0 Å². The first-order valence-electron chi connectivity index (χ1n) is 5.33. The molecule has 3 heteroatoms. The topological polar surface area (TPSA) is 29.4 Å². The lowest BCUT2D eigenvalue weighted by molar-refractivity contribution is 0.650. The number of nitrogens with zero attached hydrogens (tertiary/aromatic N) is 1. The van der Waals surface area contributed by atoms with Crippen molar-refractivity contribution in [3.8, 4) is 0 Å². The molecule has 0 spiro atoms. The van der Waals surface area contributed by atoms with Gasteiger partial charge in [-0.2, -0.15) is 4.40 Å². The number of hydrogen-bond donors (Lipinski definition) is 0. The molecular formula is C12H23NOS. The molecule has 0 saturated carbocycles. The van der Waals surface area contributed by atoms with Gasteiger partial charge in [0.15, 0.2) is 0 Å². The molecule has 0 saturated heterocycles. The minimum Gasteiger partial charge on any atom is -0.234 e. The maximum absolute atomic E-state index is 11.7. The third-order valence-corrected chi connectivity index (χ3v) is 3.35. The Labute approximate surface area is 96.5 Å². The largest absolute Gasteiger partial charge is 0.234 e. The van der Waals surface area contributed by atoms with E-state index in [-0.39, 0.29) is 4.75 Å². The van der Waals surface area contributed by atoms with E-state index >= 15 is 0 Å². The zero-order valence-electron chi connectivity index (χ0n) is 10.8. The van der Waals surface area contributed by atoms with Crippen molar-refractivity contribution in [1.29, 1.82) is 0 Å². The second-order valence-electron chi connectivity index (χ2n) is 5.01. The third-order valence-electron chi connectivity index (χ3n) is 1.82. The summed E-state index contributed by atoms with van der Waals surface area (Å²) in [6, 6.07) is 0. The first-order valence-corrected chi connectivity index (χ1v) is 6.43. The van der Waals surface area contributed by atoms with Crippen molar-refractivity contribution in [3.63, 3.8) is 0 Å². The van der Waals surface area contributed by atoms with Crippen molar-refractivity contribution >= 4 is 16.7 Å². The summed E-state index contributed by atoms with van der Waals surface area (Å²) in [5, 5.41) is 0. The summed E-state index contributed by atoms with van der Waals surface area (Å²) in [4.78, 5) is 0. The van der Waals surface area contributed by atoms with Crippen LogP contribution in [0.4, 0.5) is 0 Å². The molecule has 0 heterocycles. The van der Waals surface area contributed by atoms with Gasteiger partial charge in [0.05, 0.1) is 4.75 Å². The van der Waals surface area contributed by atoms with Crippen LogP contribution in [0.1, 0.15) is 54.4 Å². The van der Waals surface area contributed by atoms with Crippen LogP contribution in [-0.4, -0.2) is 14.7 Å². The van der Waals surface area contributed by atoms with Gasteiger partial charge in [-0.1, -0.05) is 11.6 Å². The van der Waals surface area contributed by atoms with Crippen molar-refractivity contribution in [2.24, 2.45) is 4.40 Å². The van der Waals surface area contributed by atoms with Gasteiger partial charge in [0.2, 0.25) is 0 Å². The molecule has 0 rings (SSSR count). The Morgan fingerprint density at radius 3 is 2.20 bits per heavy atom. The molecule has 0 unspecified atom stereocenters. The molecule has 0 aliphatic rings. The number of hydrogen-bond acceptors (Lipinski definition) is 1. The van der Waals surface area contributed by atoms with Crippen LogP contribution in [0.5, 0.6) is 0 Å². The van der Waals surface area contributed by atoms with Gasteiger partial charge in [-0.3, -0.25) is 0 Å². The fraction of sp³-hybridized carbons (Fsp3) is 0.750. The quantitative estimate of drug-likeness (QED) is 0.534. The van der Waals surface area contributed by atoms with Gasteiger partial charge in [0.25, 0.3) is 0 Å². The second-order valence-corrected chi connectivity index (χ2v) is 6.91. The molecule has 0 bridgehead atoms. The van der Waals surface area contributed by atoms with Crippen LogP contribution in [0.3, 0.4) is 0 Å². The van der Waals surface area contributed by atoms with E-state index in [1.54, 1.807) is 0 Å². The highest BCUT2D eigenvalue weighted by molar-refractivity contribution is 7.85. The second kappa shape index (κ2) is 6.21. The Kier molecular flexibility index (Phi) is 6.03. The van der Waals surface area contributed by atoms with Crippen LogP contribution >= 0.6 is 0 Å². The highest BCUT2D eigenvalue weighted by Gasteiger charge is 2.18. The summed E-state index contributed by atoms with van der Waals surface area (Å²) in [5.74, 6) is 0. The Morgan fingerprint density at radius 2 is 1.80 bits per heavy atom. The predicted octanol–water partition coefficient (Wildman–Crippen LogP) is 3.66. The fourth-order valence-electron chi connectivity index (χ4n) is 0.894. The molecule has 2 nitrogen and oxygen atoms in total. The SMILES string of the molecule is CC(C)=CCCC(C)=N[S@@](=O)C(C)(C)C. The van der Waals surface area contributed by atoms with Crippen LogP contribution < -0.4 is 0 Å². The molecular weight excluding hydrogens is 206 g/mol. The van der Waals surface area contributed by atoms with Crippen molar-refractivity contribution < 1.29 is 4.21 Å². The summed E-state index contributed by atoms with van der Waals surface area (Å²) < 4.78 is 15.6. The summed E-state index contributed by atoms with van der Waals surface area (Å²) >= 11 is 0. The van der Waals surface area contributed by atoms with E-state index in [0.717, 1.165) is 18.6 Å². The van der Waals surface area contributed by atoms with E-state index in [2.05, 4.69) is 24.3 Å². The molecule has 0 aromatic carbocycles. The summed E-state index contributed by atoms with van der Waals surface area (Å²) in [5.41, 5.74) is 2.29. The van der Waals surface area contributed by atoms with Crippen molar-refractivity contribution in [1.82, 2.24) is 0 Å². The Hall–Kier alpha value is -0.440. The minimum absolute atomic E-state index is 0.252. The van der Waals surface area contributed by atoms with Gasteiger partial charge >= 0.3 is 0 Å². The molecule has 1 atom stereocenters. The van der Waals surface area contributed by atoms with E-state index < -0.39 is 11.0 Å². The Morgan fingerprint density at radius 1 is 1.27 bits per heavy atom. The molecule has 0 amide bonds. The molecule has 0 aliphatic carbocycles. The Bertz CT molecular complexity index is 280. The maximum Gasteiger partial charge on any atom is 0.144 e. The zero-order chi connectivity index (χ0) is 12.1. The first-order chi connectivity index (χ1) is 6.73. The maximum atomic E-state index is 11.7. The molecule has 88 valence electrons. The molecule has 0 radical (unpaired) electrons. The lowest BCUT2D eigenvalue weighted by Gasteiger charge is -2.13. The van der Waals surface area contributed by atoms with Gasteiger partial charge in [0.1, 0.15) is 11.0 Å². The normalized spacial score (nSPS) is 14.9. The molecule has 0 fully saturated rings. The fourth-order valence-corrected chi connectivity index (χ4v) is 1.54. The van der Waals surface area contributed by atoms with Gasteiger partial charge in [-0.05, 0) is 54.4 Å². The van der Waals surface area contributed by atoms with Crippen molar-refractivity contribution in [2.45, 2.75) is 59.1 Å². The van der Waals surface area contributed by atoms with Gasteiger partial charge in [-0.25, -0.2) is 4.21 Å². The summed E-state index contributed by atoms with van der Waals surface area (Å²) in [7, 11) is -1.11. The van der Waals surface area contributed by atoms with Gasteiger partial charge in [-0.15, -0.1) is 0 Å². The molecule has 0 aromatic rings. The lowest BCUT2D eigenvalue weighted by atomic mass is 10.2. The monoisotopic (exact) mass is 229 g/mol. The highest BCUT2D eigenvalue weighted by Crippen LogP contribution is 2.13. The molecule has 0 aromatic heterocycles. The van der Waals surface area contributed by atoms with Crippen LogP contribution in [0.25, 0.3) is 0 Å². The summed E-state index contributed by atoms with van der Waals surface area (Å²) in [6.07, 6.45) is 4.06. The van der Waals surface area contributed by atoms with Crippen LogP contribution in [0.15, 0.2) is 16.0 Å². The molecule has 0 N–H and O–H groups in total. The average molecular weight is 229 g/mol. The third kappa shape index (κ3) is 7.48. The van der Waals surface area contributed by atoms with E-state index in [1.165, 1.54) is 5.57 Å². The van der Waals surface area contributed by atoms with E-state index in [9.17, 15) is 4.21 Å². The highest BCUT2D eigenvalue weighted by atomic mass is 32.2. The van der Waals surface area contributed by atoms with E-state index in [0.29, 0.717) is 0 Å². The lowest BCUT2D eigenvalue weighted by Crippen LogP contribution is -2.20. The van der Waals surface area contributed by atoms with Crippen LogP contribution in [-0.2, 0) is 11.0 Å². The molecule has 0 aliphatic heterocycles. The van der Waals surface area contributed by atoms with Crippen molar-refractivity contribution in [2.75, 3.05) is 0 Å². The average Bonchev–Trinajstić information content (AvgIpc) is 2.01. The minimum atomic E-state index is -1.11. The molecule has 15 heavy (non-hydrogen) atoms. The van der Waals surface area contributed by atoms with Crippen molar-refractivity contribution in [3.05, 3.63) is 11.6 Å². The van der Waals surface area contributed by atoms with Crippen LogP contribution in [0, 0.1) is 0 Å². The predicted molar refractivity (Wildman–Crippen MR) is 69.7 cm³/mol. The zero-order valence-corrected chi connectivity index (χ0v) is 11.6. The summed E-state index contributed by atoms with van der Waals surface area (Å²) in [6.45, 7) is 11.9. The Balaban J connectivity index is 4.22. The number of allylic oxidation sites excluding steroid dienone is 2. The smallest absolute Gasteiger partial charge is 0.144 e. The number of rotatable bonds is 4. The van der Waals surface area contributed by atoms with Gasteiger partial charge in [0, 0.05) is 5.71 Å². The van der Waals surface area contributed by atoms with E-state index in [4.69, 9.17) is 0 Å².